The molecular weight excluding hydrogens is 172 g/mol. The largest absolute Gasteiger partial charge is 0.478 e. The van der Waals surface area contributed by atoms with Crippen molar-refractivity contribution in [1.82, 2.24) is 0 Å². The quantitative estimate of drug-likeness (QED) is 0.685. The number of thioether (sulfide) groups is 1. The molecule has 0 bridgehead atoms. The van der Waals surface area contributed by atoms with E-state index in [1.165, 1.54) is 31.8 Å². The van der Waals surface area contributed by atoms with E-state index in [1.54, 1.807) is 17.2 Å². The third-order valence-corrected chi connectivity index (χ3v) is 3.11. The summed E-state index contributed by atoms with van der Waals surface area (Å²) in [5.74, 6) is 1.06. The van der Waals surface area contributed by atoms with Crippen molar-refractivity contribution in [3.8, 4) is 0 Å². The van der Waals surface area contributed by atoms with Crippen molar-refractivity contribution < 1.29 is 9.90 Å². The van der Waals surface area contributed by atoms with Gasteiger partial charge >= 0.3 is 5.97 Å². The van der Waals surface area contributed by atoms with Crippen molar-refractivity contribution in [2.75, 3.05) is 5.75 Å². The lowest BCUT2D eigenvalue weighted by Gasteiger charge is -2.03. The van der Waals surface area contributed by atoms with Gasteiger partial charge < -0.3 is 5.11 Å². The van der Waals surface area contributed by atoms with Crippen molar-refractivity contribution in [3.05, 3.63) is 11.5 Å². The minimum Gasteiger partial charge on any atom is -0.478 e. The number of aliphatic carboxylic acids is 1. The topological polar surface area (TPSA) is 37.3 Å². The Morgan fingerprint density at radius 1 is 1.50 bits per heavy atom. The second-order valence-corrected chi connectivity index (χ2v) is 4.06. The number of carbonyl (C=O) groups is 1. The maximum Gasteiger partial charge on any atom is 0.328 e. The highest BCUT2D eigenvalue weighted by Gasteiger charge is 2.13. The highest BCUT2D eigenvalue weighted by Crippen LogP contribution is 2.27. The molecule has 68 valence electrons. The van der Waals surface area contributed by atoms with Crippen LogP contribution in [0.5, 0.6) is 0 Å². The Kier molecular flexibility index (Phi) is 4.22. The average molecular weight is 186 g/mol. The van der Waals surface area contributed by atoms with E-state index in [0.29, 0.717) is 0 Å². The van der Waals surface area contributed by atoms with E-state index in [1.807, 2.05) is 0 Å². The monoisotopic (exact) mass is 186 g/mol. The highest BCUT2D eigenvalue weighted by atomic mass is 32.2. The Morgan fingerprint density at radius 2 is 2.17 bits per heavy atom. The molecule has 0 saturated heterocycles. The van der Waals surface area contributed by atoms with Crippen LogP contribution < -0.4 is 0 Å². The first-order valence-corrected chi connectivity index (χ1v) is 5.35. The van der Waals surface area contributed by atoms with Crippen molar-refractivity contribution >= 4 is 17.7 Å². The van der Waals surface area contributed by atoms with Crippen molar-refractivity contribution in [2.24, 2.45) is 5.92 Å². The first kappa shape index (κ1) is 9.65. The molecule has 1 fully saturated rings. The molecule has 0 heterocycles. The molecule has 12 heavy (non-hydrogen) atoms. The van der Waals surface area contributed by atoms with E-state index >= 15 is 0 Å². The van der Waals surface area contributed by atoms with Crippen LogP contribution in [-0.4, -0.2) is 16.8 Å². The van der Waals surface area contributed by atoms with Crippen LogP contribution in [0.4, 0.5) is 0 Å². The smallest absolute Gasteiger partial charge is 0.328 e. The lowest BCUT2D eigenvalue weighted by Crippen LogP contribution is -1.95. The minimum atomic E-state index is -0.853. The van der Waals surface area contributed by atoms with Gasteiger partial charge in [0.05, 0.1) is 0 Å². The van der Waals surface area contributed by atoms with Gasteiger partial charge in [0.25, 0.3) is 0 Å². The number of rotatable bonds is 4. The van der Waals surface area contributed by atoms with Gasteiger partial charge in [-0.1, -0.05) is 12.8 Å². The van der Waals surface area contributed by atoms with Crippen LogP contribution >= 0.6 is 11.8 Å². The van der Waals surface area contributed by atoms with E-state index < -0.39 is 5.97 Å². The number of carboxylic acids is 1. The average Bonchev–Trinajstić information content (AvgIpc) is 2.49. The van der Waals surface area contributed by atoms with Gasteiger partial charge in [-0.2, -0.15) is 0 Å². The van der Waals surface area contributed by atoms with Crippen LogP contribution in [0.3, 0.4) is 0 Å². The molecule has 0 spiro atoms. The van der Waals surface area contributed by atoms with Gasteiger partial charge in [0.1, 0.15) is 0 Å². The van der Waals surface area contributed by atoms with Crippen LogP contribution in [0.25, 0.3) is 0 Å². The Labute approximate surface area is 77.0 Å². The van der Waals surface area contributed by atoms with Crippen molar-refractivity contribution in [3.63, 3.8) is 0 Å². The summed E-state index contributed by atoms with van der Waals surface area (Å²) < 4.78 is 0. The summed E-state index contributed by atoms with van der Waals surface area (Å²) in [6, 6.07) is 0. The van der Waals surface area contributed by atoms with Gasteiger partial charge in [0, 0.05) is 11.8 Å². The molecular formula is C9H14O2S. The van der Waals surface area contributed by atoms with Crippen molar-refractivity contribution in [2.45, 2.75) is 25.7 Å². The Bertz CT molecular complexity index is 171. The van der Waals surface area contributed by atoms with Crippen LogP contribution in [0, 0.1) is 5.92 Å². The van der Waals surface area contributed by atoms with Gasteiger partial charge in [-0.3, -0.25) is 0 Å². The second kappa shape index (κ2) is 5.25. The van der Waals surface area contributed by atoms with E-state index in [-0.39, 0.29) is 0 Å². The first-order valence-electron chi connectivity index (χ1n) is 4.30. The Balaban J connectivity index is 2.05. The lowest BCUT2D eigenvalue weighted by atomic mass is 10.1. The summed E-state index contributed by atoms with van der Waals surface area (Å²) in [6.45, 7) is 0. The van der Waals surface area contributed by atoms with Gasteiger partial charge in [0.15, 0.2) is 0 Å². The fourth-order valence-electron chi connectivity index (χ4n) is 1.47. The molecule has 2 nitrogen and oxygen atoms in total. The molecule has 0 aromatic carbocycles. The molecule has 0 aliphatic heterocycles. The molecule has 0 unspecified atom stereocenters. The summed E-state index contributed by atoms with van der Waals surface area (Å²) in [5.41, 5.74) is 0. The maximum atomic E-state index is 10.1. The highest BCUT2D eigenvalue weighted by molar-refractivity contribution is 8.02. The predicted octanol–water partition coefficient (Wildman–Crippen LogP) is 2.51. The SMILES string of the molecule is O=C(O)C=CSCC1CCCC1. The summed E-state index contributed by atoms with van der Waals surface area (Å²) >= 11 is 1.62. The number of carboxylic acid groups (broad SMARTS) is 1. The lowest BCUT2D eigenvalue weighted by molar-refractivity contribution is -0.131. The fourth-order valence-corrected chi connectivity index (χ4v) is 2.40. The van der Waals surface area contributed by atoms with Crippen LogP contribution in [-0.2, 0) is 4.79 Å². The molecule has 1 aliphatic carbocycles. The molecule has 1 saturated carbocycles. The van der Waals surface area contributed by atoms with Gasteiger partial charge in [-0.25, -0.2) is 4.79 Å². The zero-order valence-corrected chi connectivity index (χ0v) is 7.85. The third kappa shape index (κ3) is 3.81. The molecule has 0 atom stereocenters. The summed E-state index contributed by atoms with van der Waals surface area (Å²) in [4.78, 5) is 10.1. The molecule has 0 aromatic heterocycles. The van der Waals surface area contributed by atoms with E-state index in [9.17, 15) is 4.79 Å². The summed E-state index contributed by atoms with van der Waals surface area (Å²) in [6.07, 6.45) is 6.57. The van der Waals surface area contributed by atoms with Crippen molar-refractivity contribution in [1.29, 1.82) is 0 Å². The van der Waals surface area contributed by atoms with Crippen LogP contribution in [0.15, 0.2) is 11.5 Å². The second-order valence-electron chi connectivity index (χ2n) is 3.12. The normalized spacial score (nSPS) is 19.0. The standard InChI is InChI=1S/C9H14O2S/c10-9(11)5-6-12-7-8-3-1-2-4-8/h5-6,8H,1-4,7H2,(H,10,11). The zero-order chi connectivity index (χ0) is 8.81. The summed E-state index contributed by atoms with van der Waals surface area (Å²) in [7, 11) is 0. The molecule has 1 aliphatic rings. The molecule has 0 radical (unpaired) electrons. The van der Waals surface area contributed by atoms with E-state index in [4.69, 9.17) is 5.11 Å². The van der Waals surface area contributed by atoms with Crippen LogP contribution in [0.1, 0.15) is 25.7 Å². The molecule has 3 heteroatoms. The molecule has 1 rings (SSSR count). The molecule has 0 amide bonds. The number of hydrogen-bond acceptors (Lipinski definition) is 2. The molecule has 1 N–H and O–H groups in total. The predicted molar refractivity (Wildman–Crippen MR) is 51.2 cm³/mol. The Hall–Kier alpha value is -0.440. The van der Waals surface area contributed by atoms with Gasteiger partial charge in [-0.15, -0.1) is 11.8 Å². The molecule has 0 aromatic rings. The zero-order valence-electron chi connectivity index (χ0n) is 7.03. The Morgan fingerprint density at radius 3 is 2.75 bits per heavy atom. The van der Waals surface area contributed by atoms with E-state index in [2.05, 4.69) is 0 Å². The van der Waals surface area contributed by atoms with Gasteiger partial charge in [0.2, 0.25) is 0 Å². The third-order valence-electron chi connectivity index (χ3n) is 2.11. The van der Waals surface area contributed by atoms with Gasteiger partial charge in [-0.05, 0) is 24.2 Å². The van der Waals surface area contributed by atoms with E-state index in [0.717, 1.165) is 11.7 Å². The van der Waals surface area contributed by atoms with Crippen LogP contribution in [0.2, 0.25) is 0 Å². The maximum absolute atomic E-state index is 10.1. The summed E-state index contributed by atoms with van der Waals surface area (Å²) in [5, 5.41) is 9.99. The fraction of sp³-hybridized carbons (Fsp3) is 0.667. The minimum absolute atomic E-state index is 0.827. The number of hydrogen-bond donors (Lipinski definition) is 1. The first-order chi connectivity index (χ1) is 5.79.